The summed E-state index contributed by atoms with van der Waals surface area (Å²) in [6.07, 6.45) is 0. The first-order valence-electron chi connectivity index (χ1n) is 6.44. The van der Waals surface area contributed by atoms with Gasteiger partial charge in [0.15, 0.2) is 0 Å². The van der Waals surface area contributed by atoms with Gasteiger partial charge < -0.3 is 15.8 Å². The molecular weight excluding hydrogens is 316 g/mol. The third-order valence-corrected chi connectivity index (χ3v) is 3.87. The van der Waals surface area contributed by atoms with Crippen LogP contribution in [0.15, 0.2) is 34.8 Å². The van der Waals surface area contributed by atoms with E-state index in [1.165, 1.54) is 11.1 Å². The van der Waals surface area contributed by atoms with E-state index < -0.39 is 0 Å². The lowest BCUT2D eigenvalue weighted by Crippen LogP contribution is -2.05. The van der Waals surface area contributed by atoms with Gasteiger partial charge in [0, 0.05) is 16.6 Å². The van der Waals surface area contributed by atoms with E-state index in [0.717, 1.165) is 27.2 Å². The highest BCUT2D eigenvalue weighted by Crippen LogP contribution is 2.27. The Balaban J connectivity index is 2.21. The molecule has 0 bridgehead atoms. The molecule has 3 nitrogen and oxygen atoms in total. The zero-order chi connectivity index (χ0) is 14.7. The molecule has 0 unspecified atom stereocenters. The van der Waals surface area contributed by atoms with Crippen LogP contribution in [0.5, 0.6) is 5.75 Å². The van der Waals surface area contributed by atoms with Gasteiger partial charge in [-0.15, -0.1) is 0 Å². The van der Waals surface area contributed by atoms with E-state index in [2.05, 4.69) is 41.2 Å². The second-order valence-corrected chi connectivity index (χ2v) is 5.75. The minimum Gasteiger partial charge on any atom is -0.496 e. The van der Waals surface area contributed by atoms with Crippen molar-refractivity contribution in [2.24, 2.45) is 0 Å². The van der Waals surface area contributed by atoms with E-state index in [0.29, 0.717) is 6.54 Å². The molecular formula is C16H19BrN2O. The van der Waals surface area contributed by atoms with E-state index in [4.69, 9.17) is 10.5 Å². The molecule has 20 heavy (non-hydrogen) atoms. The van der Waals surface area contributed by atoms with Gasteiger partial charge in [0.2, 0.25) is 0 Å². The van der Waals surface area contributed by atoms with Gasteiger partial charge >= 0.3 is 0 Å². The third-order valence-electron chi connectivity index (χ3n) is 3.38. The molecule has 2 rings (SSSR count). The van der Waals surface area contributed by atoms with Crippen LogP contribution in [0, 0.1) is 13.8 Å². The van der Waals surface area contributed by atoms with Crippen LogP contribution in [0.1, 0.15) is 16.7 Å². The molecule has 3 N–H and O–H groups in total. The Morgan fingerprint density at radius 3 is 2.55 bits per heavy atom. The van der Waals surface area contributed by atoms with Crippen molar-refractivity contribution in [1.82, 2.24) is 0 Å². The van der Waals surface area contributed by atoms with E-state index in [9.17, 15) is 0 Å². The normalized spacial score (nSPS) is 10.4. The third kappa shape index (κ3) is 3.25. The van der Waals surface area contributed by atoms with Crippen molar-refractivity contribution in [2.75, 3.05) is 18.2 Å². The van der Waals surface area contributed by atoms with Crippen molar-refractivity contribution >= 4 is 27.3 Å². The molecule has 0 heterocycles. The summed E-state index contributed by atoms with van der Waals surface area (Å²) in [6.45, 7) is 4.81. The van der Waals surface area contributed by atoms with Crippen LogP contribution in [0.4, 0.5) is 11.4 Å². The maximum absolute atomic E-state index is 6.05. The maximum atomic E-state index is 6.05. The Bertz CT molecular complexity index is 626. The van der Waals surface area contributed by atoms with E-state index in [1.807, 2.05) is 24.3 Å². The van der Waals surface area contributed by atoms with Crippen LogP contribution in [-0.2, 0) is 6.54 Å². The number of rotatable bonds is 4. The average Bonchev–Trinajstić information content (AvgIpc) is 2.41. The number of hydrogen-bond acceptors (Lipinski definition) is 3. The Hall–Kier alpha value is -1.68. The predicted molar refractivity (Wildman–Crippen MR) is 88.3 cm³/mol. The van der Waals surface area contributed by atoms with Crippen LogP contribution < -0.4 is 15.8 Å². The summed E-state index contributed by atoms with van der Waals surface area (Å²) in [5, 5.41) is 3.37. The highest BCUT2D eigenvalue weighted by molar-refractivity contribution is 9.10. The molecule has 106 valence electrons. The van der Waals surface area contributed by atoms with Crippen molar-refractivity contribution in [2.45, 2.75) is 20.4 Å². The van der Waals surface area contributed by atoms with Crippen LogP contribution in [0.2, 0.25) is 0 Å². The van der Waals surface area contributed by atoms with E-state index in [1.54, 1.807) is 7.11 Å². The largest absolute Gasteiger partial charge is 0.496 e. The van der Waals surface area contributed by atoms with E-state index >= 15 is 0 Å². The molecule has 0 amide bonds. The number of nitrogens with one attached hydrogen (secondary N) is 1. The lowest BCUT2D eigenvalue weighted by atomic mass is 10.1. The van der Waals surface area contributed by atoms with Gasteiger partial charge in [-0.25, -0.2) is 0 Å². The van der Waals surface area contributed by atoms with Crippen molar-refractivity contribution in [1.29, 1.82) is 0 Å². The fraction of sp³-hybridized carbons (Fsp3) is 0.250. The number of halogens is 1. The fourth-order valence-corrected chi connectivity index (χ4v) is 2.48. The van der Waals surface area contributed by atoms with Crippen LogP contribution in [0.3, 0.4) is 0 Å². The summed E-state index contributed by atoms with van der Waals surface area (Å²) in [5.41, 5.74) is 11.3. The molecule has 0 saturated carbocycles. The minimum atomic E-state index is 0.662. The first kappa shape index (κ1) is 14.7. The van der Waals surface area contributed by atoms with Crippen LogP contribution in [0.25, 0.3) is 0 Å². The molecule has 0 aromatic heterocycles. The number of nitrogen functional groups attached to an aromatic ring is 1. The van der Waals surface area contributed by atoms with Gasteiger partial charge in [-0.2, -0.15) is 0 Å². The summed E-state index contributed by atoms with van der Waals surface area (Å²) in [6, 6.07) is 10.0. The van der Waals surface area contributed by atoms with Crippen molar-refractivity contribution < 1.29 is 4.74 Å². The molecule has 2 aromatic rings. The fourth-order valence-electron chi connectivity index (χ4n) is 2.07. The highest BCUT2D eigenvalue weighted by atomic mass is 79.9. The van der Waals surface area contributed by atoms with Crippen molar-refractivity contribution in [3.8, 4) is 5.75 Å². The van der Waals surface area contributed by atoms with Gasteiger partial charge in [0.25, 0.3) is 0 Å². The Kier molecular flexibility index (Phi) is 4.55. The first-order chi connectivity index (χ1) is 9.51. The molecule has 0 fully saturated rings. The highest BCUT2D eigenvalue weighted by Gasteiger charge is 2.06. The van der Waals surface area contributed by atoms with E-state index in [-0.39, 0.29) is 0 Å². The van der Waals surface area contributed by atoms with Crippen LogP contribution >= 0.6 is 15.9 Å². The monoisotopic (exact) mass is 334 g/mol. The smallest absolute Gasteiger partial charge is 0.123 e. The summed E-state index contributed by atoms with van der Waals surface area (Å²) in [4.78, 5) is 0. The zero-order valence-electron chi connectivity index (χ0n) is 12.0. The Morgan fingerprint density at radius 2 is 1.85 bits per heavy atom. The van der Waals surface area contributed by atoms with Gasteiger partial charge in [0.1, 0.15) is 5.75 Å². The second-order valence-electron chi connectivity index (χ2n) is 4.83. The molecule has 0 aliphatic heterocycles. The second kappa shape index (κ2) is 6.18. The lowest BCUT2D eigenvalue weighted by Gasteiger charge is -2.14. The standard InChI is InChI=1S/C16H19BrN2O/c1-10-6-14(18)15(7-11(10)2)19-9-12-8-13(17)4-5-16(12)20-3/h4-8,19H,9,18H2,1-3H3. The van der Waals surface area contributed by atoms with Gasteiger partial charge in [-0.1, -0.05) is 15.9 Å². The Morgan fingerprint density at radius 1 is 1.15 bits per heavy atom. The molecule has 0 atom stereocenters. The predicted octanol–water partition coefficient (Wildman–Crippen LogP) is 4.27. The minimum absolute atomic E-state index is 0.662. The number of methoxy groups -OCH3 is 1. The quantitative estimate of drug-likeness (QED) is 0.821. The molecule has 0 radical (unpaired) electrons. The molecule has 0 aliphatic rings. The topological polar surface area (TPSA) is 47.3 Å². The first-order valence-corrected chi connectivity index (χ1v) is 7.23. The summed E-state index contributed by atoms with van der Waals surface area (Å²) < 4.78 is 6.40. The Labute approximate surface area is 128 Å². The average molecular weight is 335 g/mol. The molecule has 2 aromatic carbocycles. The van der Waals surface area contributed by atoms with Gasteiger partial charge in [-0.3, -0.25) is 0 Å². The molecule has 0 spiro atoms. The lowest BCUT2D eigenvalue weighted by molar-refractivity contribution is 0.410. The molecule has 0 saturated heterocycles. The number of hydrogen-bond donors (Lipinski definition) is 2. The van der Waals surface area contributed by atoms with Gasteiger partial charge in [0.05, 0.1) is 18.5 Å². The number of aryl methyl sites for hydroxylation is 2. The summed E-state index contributed by atoms with van der Waals surface area (Å²) >= 11 is 3.48. The number of anilines is 2. The summed E-state index contributed by atoms with van der Waals surface area (Å²) in [7, 11) is 1.68. The van der Waals surface area contributed by atoms with Gasteiger partial charge in [-0.05, 0) is 55.3 Å². The maximum Gasteiger partial charge on any atom is 0.123 e. The number of nitrogens with two attached hydrogens (primary N) is 1. The van der Waals surface area contributed by atoms with Crippen molar-refractivity contribution in [3.63, 3.8) is 0 Å². The molecule has 0 aliphatic carbocycles. The van der Waals surface area contributed by atoms with Crippen LogP contribution in [-0.4, -0.2) is 7.11 Å². The van der Waals surface area contributed by atoms with Crippen molar-refractivity contribution in [3.05, 3.63) is 51.5 Å². The molecule has 4 heteroatoms. The number of ether oxygens (including phenoxy) is 1. The number of benzene rings is 2. The SMILES string of the molecule is COc1ccc(Br)cc1CNc1cc(C)c(C)cc1N. The summed E-state index contributed by atoms with van der Waals surface area (Å²) in [5.74, 6) is 0.864. The zero-order valence-corrected chi connectivity index (χ0v) is 13.5.